The van der Waals surface area contributed by atoms with E-state index in [2.05, 4.69) is 21.3 Å². The van der Waals surface area contributed by atoms with E-state index in [-0.39, 0.29) is 6.42 Å². The largest absolute Gasteiger partial charge is 0.467 e. The highest BCUT2D eigenvalue weighted by molar-refractivity contribution is 5.96. The molecule has 0 saturated heterocycles. The monoisotopic (exact) mass is 596 g/mol. The van der Waals surface area contributed by atoms with Crippen LogP contribution in [0.15, 0.2) is 24.3 Å². The number of carbonyl (C=O) groups excluding carboxylic acids is 5. The predicted octanol–water partition coefficient (Wildman–Crippen LogP) is 2.07. The second kappa shape index (κ2) is 17.6. The van der Waals surface area contributed by atoms with E-state index in [1.807, 2.05) is 20.8 Å². The number of hydrogen-bond acceptors (Lipinski definition) is 8. The summed E-state index contributed by atoms with van der Waals surface area (Å²) in [5.74, 6) is -3.14. The Morgan fingerprint density at radius 3 is 1.60 bits per heavy atom. The molecule has 12 heteroatoms. The van der Waals surface area contributed by atoms with E-state index in [0.717, 1.165) is 0 Å². The van der Waals surface area contributed by atoms with Crippen molar-refractivity contribution in [3.05, 3.63) is 24.3 Å². The Morgan fingerprint density at radius 1 is 0.690 bits per heavy atom. The first kappa shape index (κ1) is 38.8. The molecule has 12 nitrogen and oxygen atoms in total. The Labute approximate surface area is 250 Å². The Balaban J connectivity index is 5.96. The van der Waals surface area contributed by atoms with Gasteiger partial charge in [-0.05, 0) is 88.7 Å². The number of methoxy groups -OCH3 is 1. The Morgan fingerprint density at radius 2 is 1.17 bits per heavy atom. The number of carbonyl (C=O) groups is 5. The van der Waals surface area contributed by atoms with Gasteiger partial charge >= 0.3 is 5.97 Å². The van der Waals surface area contributed by atoms with Crippen LogP contribution in [0.4, 0.5) is 0 Å². The van der Waals surface area contributed by atoms with Gasteiger partial charge in [-0.1, -0.05) is 18.2 Å². The van der Waals surface area contributed by atoms with Gasteiger partial charge in [-0.25, -0.2) is 4.79 Å². The van der Waals surface area contributed by atoms with Crippen molar-refractivity contribution < 1.29 is 38.2 Å². The Hall–Kier alpha value is -3.25. The summed E-state index contributed by atoms with van der Waals surface area (Å²) in [6, 6.07) is -4.43. The summed E-state index contributed by atoms with van der Waals surface area (Å²) in [7, 11) is 1.22. The van der Waals surface area contributed by atoms with Crippen molar-refractivity contribution in [1.29, 1.82) is 0 Å². The fraction of sp³-hybridized carbons (Fsp3) is 0.700. The summed E-state index contributed by atoms with van der Waals surface area (Å²) in [5, 5.41) is 10.5. The highest BCUT2D eigenvalue weighted by Gasteiger charge is 2.36. The molecule has 6 atom stereocenters. The zero-order valence-corrected chi connectivity index (χ0v) is 27.2. The molecule has 0 aliphatic rings. The first-order valence-corrected chi connectivity index (χ1v) is 14.1. The van der Waals surface area contributed by atoms with Gasteiger partial charge in [0.05, 0.1) is 30.5 Å². The maximum Gasteiger partial charge on any atom is 0.328 e. The van der Waals surface area contributed by atoms with Crippen LogP contribution in [0.1, 0.15) is 82.6 Å². The van der Waals surface area contributed by atoms with Gasteiger partial charge in [0.25, 0.3) is 0 Å². The second-order valence-corrected chi connectivity index (χ2v) is 12.0. The van der Waals surface area contributed by atoms with Crippen molar-refractivity contribution >= 4 is 29.6 Å². The maximum absolute atomic E-state index is 13.4. The van der Waals surface area contributed by atoms with Crippen molar-refractivity contribution in [3.8, 4) is 0 Å². The average Bonchev–Trinajstić information content (AvgIpc) is 2.85. The molecule has 0 rings (SSSR count). The maximum atomic E-state index is 13.4. The standard InChI is InChI=1S/C30H52N4O8/c1-13-15-17-21(28(39)40-12)32-27(38)24(20(5)42-30(9,10)11)34-25(36)18(3)31-26(37)23(33-22(35)16-14-2)19(4)41-29(6,7)8/h13-16,18-21,23-24H,17H2,1-12H3,(H,31,37)(H,32,38)(H,33,35)(H,34,36)/b15-13+,16-14+. The molecule has 0 aliphatic carbocycles. The van der Waals surface area contributed by atoms with Crippen LogP contribution < -0.4 is 21.3 Å². The molecule has 0 saturated carbocycles. The van der Waals surface area contributed by atoms with Crippen LogP contribution in [0.5, 0.6) is 0 Å². The Kier molecular flexibility index (Phi) is 16.3. The van der Waals surface area contributed by atoms with Gasteiger partial charge in [-0.2, -0.15) is 0 Å². The number of amides is 4. The summed E-state index contributed by atoms with van der Waals surface area (Å²) < 4.78 is 16.7. The first-order chi connectivity index (χ1) is 19.3. The van der Waals surface area contributed by atoms with E-state index in [1.165, 1.54) is 26.2 Å². The van der Waals surface area contributed by atoms with E-state index in [4.69, 9.17) is 14.2 Å². The molecule has 0 heterocycles. The summed E-state index contributed by atoms with van der Waals surface area (Å²) >= 11 is 0. The third kappa shape index (κ3) is 15.1. The van der Waals surface area contributed by atoms with E-state index in [9.17, 15) is 24.0 Å². The van der Waals surface area contributed by atoms with E-state index in [0.29, 0.717) is 0 Å². The molecular weight excluding hydrogens is 544 g/mol. The SMILES string of the molecule is C/C=C/CC(NC(=O)C(NC(=O)C(C)NC(=O)C(NC(=O)/C=C/C)C(C)OC(C)(C)C)C(C)OC(C)(C)C)C(=O)OC. The Bertz CT molecular complexity index is 981. The molecule has 0 aromatic rings. The van der Waals surface area contributed by atoms with Crippen LogP contribution in [-0.2, 0) is 38.2 Å². The third-order valence-electron chi connectivity index (χ3n) is 5.66. The number of rotatable bonds is 15. The molecule has 240 valence electrons. The molecule has 4 N–H and O–H groups in total. The molecular formula is C30H52N4O8. The minimum absolute atomic E-state index is 0.186. The average molecular weight is 597 g/mol. The number of ether oxygens (including phenoxy) is 3. The van der Waals surface area contributed by atoms with Crippen molar-refractivity contribution in [2.24, 2.45) is 0 Å². The third-order valence-corrected chi connectivity index (χ3v) is 5.66. The lowest BCUT2D eigenvalue weighted by molar-refractivity contribution is -0.147. The molecule has 0 spiro atoms. The molecule has 0 aromatic heterocycles. The van der Waals surface area contributed by atoms with Gasteiger partial charge in [0.15, 0.2) is 0 Å². The van der Waals surface area contributed by atoms with Gasteiger partial charge < -0.3 is 35.5 Å². The van der Waals surface area contributed by atoms with Crippen LogP contribution in [0.2, 0.25) is 0 Å². The lowest BCUT2D eigenvalue weighted by Gasteiger charge is -2.33. The first-order valence-electron chi connectivity index (χ1n) is 14.1. The molecule has 0 aliphatic heterocycles. The smallest absolute Gasteiger partial charge is 0.328 e. The highest BCUT2D eigenvalue weighted by Crippen LogP contribution is 2.15. The zero-order valence-electron chi connectivity index (χ0n) is 27.2. The minimum atomic E-state index is -1.22. The normalized spacial score (nSPS) is 16.6. The van der Waals surface area contributed by atoms with Crippen LogP contribution in [-0.4, -0.2) is 84.3 Å². The van der Waals surface area contributed by atoms with Gasteiger partial charge in [0, 0.05) is 0 Å². The zero-order chi connectivity index (χ0) is 32.8. The van der Waals surface area contributed by atoms with Crippen LogP contribution in [0, 0.1) is 0 Å². The van der Waals surface area contributed by atoms with Crippen LogP contribution in [0.25, 0.3) is 0 Å². The fourth-order valence-electron chi connectivity index (χ4n) is 3.93. The summed E-state index contributed by atoms with van der Waals surface area (Å²) in [4.78, 5) is 64.4. The summed E-state index contributed by atoms with van der Waals surface area (Å²) in [5.41, 5.74) is -1.26. The van der Waals surface area contributed by atoms with Gasteiger partial charge in [0.1, 0.15) is 24.2 Å². The molecule has 0 aromatic carbocycles. The van der Waals surface area contributed by atoms with Gasteiger partial charge in [0.2, 0.25) is 23.6 Å². The summed E-state index contributed by atoms with van der Waals surface area (Å²) in [6.45, 7) is 19.0. The number of allylic oxidation sites excluding steroid dienone is 2. The number of esters is 1. The van der Waals surface area contributed by atoms with Crippen molar-refractivity contribution in [1.82, 2.24) is 21.3 Å². The van der Waals surface area contributed by atoms with Crippen molar-refractivity contribution in [3.63, 3.8) is 0 Å². The van der Waals surface area contributed by atoms with E-state index < -0.39 is 77.2 Å². The quantitative estimate of drug-likeness (QED) is 0.127. The summed E-state index contributed by atoms with van der Waals surface area (Å²) in [6.07, 6.45) is 4.89. The molecule has 42 heavy (non-hydrogen) atoms. The van der Waals surface area contributed by atoms with Crippen LogP contribution in [0.3, 0.4) is 0 Å². The van der Waals surface area contributed by atoms with Crippen molar-refractivity contribution in [2.45, 2.75) is 130 Å². The fourth-order valence-corrected chi connectivity index (χ4v) is 3.93. The molecule has 6 unspecified atom stereocenters. The van der Waals surface area contributed by atoms with Gasteiger partial charge in [-0.15, -0.1) is 0 Å². The van der Waals surface area contributed by atoms with Gasteiger partial charge in [-0.3, -0.25) is 19.2 Å². The topological polar surface area (TPSA) is 161 Å². The van der Waals surface area contributed by atoms with Crippen LogP contribution >= 0.6 is 0 Å². The lowest BCUT2D eigenvalue weighted by Crippen LogP contribution is -2.61. The molecule has 0 radical (unpaired) electrons. The van der Waals surface area contributed by atoms with E-state index in [1.54, 1.807) is 60.6 Å². The minimum Gasteiger partial charge on any atom is -0.467 e. The molecule has 0 bridgehead atoms. The van der Waals surface area contributed by atoms with Crippen molar-refractivity contribution in [2.75, 3.05) is 7.11 Å². The second-order valence-electron chi connectivity index (χ2n) is 12.0. The number of hydrogen-bond donors (Lipinski definition) is 4. The molecule has 4 amide bonds. The molecule has 0 fully saturated rings. The predicted molar refractivity (Wildman–Crippen MR) is 160 cm³/mol. The highest BCUT2D eigenvalue weighted by atomic mass is 16.5. The lowest BCUT2D eigenvalue weighted by atomic mass is 10.1. The number of nitrogens with one attached hydrogen (secondary N) is 4. The van der Waals surface area contributed by atoms with E-state index >= 15 is 0 Å².